The fourth-order valence-corrected chi connectivity index (χ4v) is 3.43. The molecule has 158 valence electrons. The second-order valence-corrected chi connectivity index (χ2v) is 6.89. The third kappa shape index (κ3) is 4.70. The van der Waals surface area contributed by atoms with E-state index in [1.165, 1.54) is 6.26 Å². The van der Waals surface area contributed by atoms with Gasteiger partial charge in [-0.1, -0.05) is 18.5 Å². The number of aromatic nitrogens is 3. The van der Waals surface area contributed by atoms with Crippen LogP contribution in [0.5, 0.6) is 0 Å². The molecule has 3 rings (SSSR count). The molecule has 0 bridgehead atoms. The number of oxazole rings is 1. The van der Waals surface area contributed by atoms with Gasteiger partial charge in [-0.3, -0.25) is 4.79 Å². The number of hydrogen-bond donors (Lipinski definition) is 2. The summed E-state index contributed by atoms with van der Waals surface area (Å²) in [4.78, 5) is 37.4. The Bertz CT molecular complexity index is 867. The first-order chi connectivity index (χ1) is 14.0. The van der Waals surface area contributed by atoms with Gasteiger partial charge < -0.3 is 29.1 Å². The summed E-state index contributed by atoms with van der Waals surface area (Å²) in [5.41, 5.74) is 0.837. The quantitative estimate of drug-likeness (QED) is 0.644. The summed E-state index contributed by atoms with van der Waals surface area (Å²) < 4.78 is 15.9. The second-order valence-electron chi connectivity index (χ2n) is 6.53. The van der Waals surface area contributed by atoms with Crippen molar-refractivity contribution in [2.24, 2.45) is 0 Å². The number of carbonyl (C=O) groups excluding carboxylic acids is 2. The van der Waals surface area contributed by atoms with Crippen LogP contribution in [-0.2, 0) is 15.9 Å². The normalized spacial score (nSPS) is 19.2. The lowest BCUT2D eigenvalue weighted by Crippen LogP contribution is -2.55. The first-order valence-corrected chi connectivity index (χ1v) is 9.80. The number of anilines is 1. The minimum Gasteiger partial charge on any atom is -0.461 e. The number of methoxy groups -OCH3 is 1. The first-order valence-electron chi connectivity index (χ1n) is 9.42. The van der Waals surface area contributed by atoms with Gasteiger partial charge in [0.25, 0.3) is 11.9 Å². The van der Waals surface area contributed by atoms with Crippen LogP contribution in [0.25, 0.3) is 0 Å². The van der Waals surface area contributed by atoms with E-state index in [9.17, 15) is 9.59 Å². The SMILES string of the molecule is CCOC(=O)c1coc(N2CCC(NC(=O)c3nc(Cl)c(CC)[nH]3)C(OC)C2)n1. The van der Waals surface area contributed by atoms with Crippen molar-refractivity contribution in [1.82, 2.24) is 20.3 Å². The third-order valence-corrected chi connectivity index (χ3v) is 5.04. The standard InChI is InChI=1S/C18H24ClN5O5/c1-4-10-14(19)23-15(20-10)16(25)21-11-6-7-24(8-13(11)27-3)18-22-12(9-29-18)17(26)28-5-2/h9,11,13H,4-8H2,1-3H3,(H,20,23)(H,21,25). The number of carbonyl (C=O) groups is 2. The zero-order chi connectivity index (χ0) is 21.0. The molecule has 0 aromatic carbocycles. The van der Waals surface area contributed by atoms with Crippen LogP contribution in [0.1, 0.15) is 47.1 Å². The molecule has 3 heterocycles. The van der Waals surface area contributed by atoms with Crippen LogP contribution in [-0.4, -0.2) is 65.8 Å². The summed E-state index contributed by atoms with van der Waals surface area (Å²) in [7, 11) is 1.58. The Balaban J connectivity index is 1.63. The maximum absolute atomic E-state index is 12.5. The maximum Gasteiger partial charge on any atom is 0.360 e. The van der Waals surface area contributed by atoms with Crippen LogP contribution >= 0.6 is 11.6 Å². The van der Waals surface area contributed by atoms with Crippen molar-refractivity contribution in [3.63, 3.8) is 0 Å². The lowest BCUT2D eigenvalue weighted by molar-refractivity contribution is 0.0516. The number of aromatic amines is 1. The minimum absolute atomic E-state index is 0.118. The van der Waals surface area contributed by atoms with Crippen LogP contribution in [0.15, 0.2) is 10.7 Å². The van der Waals surface area contributed by atoms with Gasteiger partial charge in [0.05, 0.1) is 31.0 Å². The molecule has 0 radical (unpaired) electrons. The van der Waals surface area contributed by atoms with Crippen molar-refractivity contribution in [2.45, 2.75) is 38.8 Å². The van der Waals surface area contributed by atoms with Crippen LogP contribution in [0, 0.1) is 0 Å². The third-order valence-electron chi connectivity index (χ3n) is 4.72. The molecule has 1 aliphatic rings. The Morgan fingerprint density at radius 3 is 2.86 bits per heavy atom. The Hall–Kier alpha value is -2.59. The number of nitrogens with zero attached hydrogens (tertiary/aromatic N) is 3. The van der Waals surface area contributed by atoms with Crippen LogP contribution in [0.4, 0.5) is 6.01 Å². The van der Waals surface area contributed by atoms with Crippen molar-refractivity contribution >= 4 is 29.5 Å². The van der Waals surface area contributed by atoms with Gasteiger partial charge in [0.15, 0.2) is 16.7 Å². The Kier molecular flexibility index (Phi) is 6.75. The van der Waals surface area contributed by atoms with Gasteiger partial charge in [0.2, 0.25) is 0 Å². The van der Waals surface area contributed by atoms with Crippen LogP contribution in [0.3, 0.4) is 0 Å². The number of imidazole rings is 1. The minimum atomic E-state index is -0.531. The number of amides is 1. The van der Waals surface area contributed by atoms with Crippen molar-refractivity contribution in [3.05, 3.63) is 28.6 Å². The Morgan fingerprint density at radius 2 is 2.21 bits per heavy atom. The molecule has 2 aromatic heterocycles. The molecule has 2 aromatic rings. The highest BCUT2D eigenvalue weighted by Gasteiger charge is 2.33. The first kappa shape index (κ1) is 21.1. The molecule has 0 saturated carbocycles. The van der Waals surface area contributed by atoms with Gasteiger partial charge in [0.1, 0.15) is 6.26 Å². The van der Waals surface area contributed by atoms with Crippen LogP contribution < -0.4 is 10.2 Å². The number of piperidine rings is 1. The molecule has 2 N–H and O–H groups in total. The van der Waals surface area contributed by atoms with E-state index < -0.39 is 5.97 Å². The van der Waals surface area contributed by atoms with Crippen LogP contribution in [0.2, 0.25) is 5.15 Å². The molecule has 0 spiro atoms. The lowest BCUT2D eigenvalue weighted by atomic mass is 10.0. The summed E-state index contributed by atoms with van der Waals surface area (Å²) in [6.07, 6.45) is 2.22. The average molecular weight is 426 g/mol. The van der Waals surface area contributed by atoms with E-state index in [1.807, 2.05) is 11.8 Å². The largest absolute Gasteiger partial charge is 0.461 e. The number of ether oxygens (including phenoxy) is 2. The molecule has 1 aliphatic heterocycles. The highest BCUT2D eigenvalue weighted by Crippen LogP contribution is 2.22. The lowest BCUT2D eigenvalue weighted by Gasteiger charge is -2.37. The van der Waals surface area contributed by atoms with Gasteiger partial charge in [-0.25, -0.2) is 9.78 Å². The molecule has 1 amide bonds. The molecule has 0 aliphatic carbocycles. The van der Waals surface area contributed by atoms with E-state index in [1.54, 1.807) is 14.0 Å². The van der Waals surface area contributed by atoms with Crippen molar-refractivity contribution in [3.8, 4) is 0 Å². The zero-order valence-electron chi connectivity index (χ0n) is 16.5. The van der Waals surface area contributed by atoms with Gasteiger partial charge in [-0.2, -0.15) is 4.98 Å². The van der Waals surface area contributed by atoms with Crippen molar-refractivity contribution in [2.75, 3.05) is 31.7 Å². The molecule has 1 fully saturated rings. The van der Waals surface area contributed by atoms with Gasteiger partial charge >= 0.3 is 5.97 Å². The number of aryl methyl sites for hydroxylation is 1. The predicted molar refractivity (Wildman–Crippen MR) is 104 cm³/mol. The smallest absolute Gasteiger partial charge is 0.360 e. The van der Waals surface area contributed by atoms with Gasteiger partial charge in [-0.15, -0.1) is 0 Å². The second kappa shape index (κ2) is 9.27. The summed E-state index contributed by atoms with van der Waals surface area (Å²) in [6, 6.07) is 0.0856. The van der Waals surface area contributed by atoms with E-state index in [2.05, 4.69) is 20.3 Å². The summed E-state index contributed by atoms with van der Waals surface area (Å²) in [6.45, 7) is 4.91. The Labute approximate surface area is 172 Å². The molecule has 11 heteroatoms. The molecule has 2 unspecified atom stereocenters. The molecule has 29 heavy (non-hydrogen) atoms. The van der Waals surface area contributed by atoms with E-state index in [0.29, 0.717) is 37.1 Å². The molecule has 1 saturated heterocycles. The number of rotatable bonds is 7. The summed E-state index contributed by atoms with van der Waals surface area (Å²) in [5, 5.41) is 3.25. The molecular formula is C18H24ClN5O5. The maximum atomic E-state index is 12.5. The fourth-order valence-electron chi connectivity index (χ4n) is 3.17. The fraction of sp³-hybridized carbons (Fsp3) is 0.556. The van der Waals surface area contributed by atoms with E-state index in [-0.39, 0.29) is 36.2 Å². The van der Waals surface area contributed by atoms with Gasteiger partial charge in [0, 0.05) is 13.7 Å². The summed E-state index contributed by atoms with van der Waals surface area (Å²) in [5.74, 6) is -0.694. The van der Waals surface area contributed by atoms with E-state index in [4.69, 9.17) is 25.5 Å². The number of esters is 1. The number of nitrogens with one attached hydrogen (secondary N) is 2. The number of H-pyrrole nitrogens is 1. The molecule has 10 nitrogen and oxygen atoms in total. The molecule has 2 atom stereocenters. The highest BCUT2D eigenvalue weighted by atomic mass is 35.5. The zero-order valence-corrected chi connectivity index (χ0v) is 17.3. The highest BCUT2D eigenvalue weighted by molar-refractivity contribution is 6.30. The topological polar surface area (TPSA) is 123 Å². The summed E-state index contributed by atoms with van der Waals surface area (Å²) >= 11 is 6.01. The Morgan fingerprint density at radius 1 is 1.41 bits per heavy atom. The van der Waals surface area contributed by atoms with E-state index >= 15 is 0 Å². The van der Waals surface area contributed by atoms with Crippen molar-refractivity contribution < 1.29 is 23.5 Å². The average Bonchev–Trinajstić information content (AvgIpc) is 3.35. The number of halogens is 1. The van der Waals surface area contributed by atoms with Crippen molar-refractivity contribution in [1.29, 1.82) is 0 Å². The monoisotopic (exact) mass is 425 g/mol. The number of hydrogen-bond acceptors (Lipinski definition) is 8. The predicted octanol–water partition coefficient (Wildman–Crippen LogP) is 1.81. The molecular weight excluding hydrogens is 402 g/mol. The van der Waals surface area contributed by atoms with E-state index in [0.717, 1.165) is 5.69 Å². The van der Waals surface area contributed by atoms with Gasteiger partial charge in [-0.05, 0) is 19.8 Å².